The molecule has 0 saturated heterocycles. The second-order valence-electron chi connectivity index (χ2n) is 4.00. The molecule has 0 spiro atoms. The molecule has 0 radical (unpaired) electrons. The summed E-state index contributed by atoms with van der Waals surface area (Å²) in [5.74, 6) is 0. The zero-order chi connectivity index (χ0) is 12.7. The number of benzene rings is 1. The first-order chi connectivity index (χ1) is 8.06. The van der Waals surface area contributed by atoms with E-state index in [4.69, 9.17) is 5.11 Å². The molecule has 96 valence electrons. The number of nitrogens with one attached hydrogen (secondary N) is 1. The van der Waals surface area contributed by atoms with E-state index in [1.54, 1.807) is 24.3 Å². The van der Waals surface area contributed by atoms with Gasteiger partial charge in [0.05, 0.1) is 4.90 Å². The SMILES string of the molecule is Cc1ccc(S(=O)(=O)NCCCCCO)cc1. The van der Waals surface area contributed by atoms with Gasteiger partial charge in [-0.3, -0.25) is 0 Å². The largest absolute Gasteiger partial charge is 0.396 e. The third-order valence-corrected chi connectivity index (χ3v) is 3.94. The molecular weight excluding hydrogens is 238 g/mol. The van der Waals surface area contributed by atoms with Crippen molar-refractivity contribution in [3.8, 4) is 0 Å². The lowest BCUT2D eigenvalue weighted by Gasteiger charge is -2.06. The van der Waals surface area contributed by atoms with Gasteiger partial charge >= 0.3 is 0 Å². The van der Waals surface area contributed by atoms with Crippen LogP contribution in [0.2, 0.25) is 0 Å². The highest BCUT2D eigenvalue weighted by molar-refractivity contribution is 7.89. The molecule has 0 unspecified atom stereocenters. The van der Waals surface area contributed by atoms with Crippen molar-refractivity contribution in [3.63, 3.8) is 0 Å². The first-order valence-corrected chi connectivity index (χ1v) is 7.22. The number of hydrogen-bond donors (Lipinski definition) is 2. The van der Waals surface area contributed by atoms with Crippen LogP contribution in [-0.2, 0) is 10.0 Å². The average Bonchev–Trinajstić information content (AvgIpc) is 2.29. The van der Waals surface area contributed by atoms with Crippen LogP contribution in [0.3, 0.4) is 0 Å². The topological polar surface area (TPSA) is 66.4 Å². The molecule has 0 aromatic heterocycles. The molecule has 4 nitrogen and oxygen atoms in total. The van der Waals surface area contributed by atoms with Crippen LogP contribution in [0.1, 0.15) is 24.8 Å². The van der Waals surface area contributed by atoms with E-state index in [1.807, 2.05) is 6.92 Å². The third kappa shape index (κ3) is 4.85. The number of hydrogen-bond acceptors (Lipinski definition) is 3. The van der Waals surface area contributed by atoms with E-state index in [0.717, 1.165) is 18.4 Å². The summed E-state index contributed by atoms with van der Waals surface area (Å²) in [6, 6.07) is 6.76. The van der Waals surface area contributed by atoms with Gasteiger partial charge in [-0.2, -0.15) is 0 Å². The molecule has 0 amide bonds. The van der Waals surface area contributed by atoms with E-state index in [0.29, 0.717) is 17.9 Å². The zero-order valence-corrected chi connectivity index (χ0v) is 10.8. The quantitative estimate of drug-likeness (QED) is 0.726. The lowest BCUT2D eigenvalue weighted by atomic mass is 10.2. The fraction of sp³-hybridized carbons (Fsp3) is 0.500. The zero-order valence-electron chi connectivity index (χ0n) is 10.0. The van der Waals surface area contributed by atoms with Gasteiger partial charge in [-0.15, -0.1) is 0 Å². The minimum atomic E-state index is -3.38. The van der Waals surface area contributed by atoms with E-state index in [-0.39, 0.29) is 6.61 Å². The normalized spacial score (nSPS) is 11.6. The molecule has 0 saturated carbocycles. The summed E-state index contributed by atoms with van der Waals surface area (Å²) in [7, 11) is -3.38. The van der Waals surface area contributed by atoms with Gasteiger partial charge in [0, 0.05) is 13.2 Å². The Bertz CT molecular complexity index is 426. The molecular formula is C12H19NO3S. The van der Waals surface area contributed by atoms with Crippen molar-refractivity contribution < 1.29 is 13.5 Å². The monoisotopic (exact) mass is 257 g/mol. The summed E-state index contributed by atoms with van der Waals surface area (Å²) in [5.41, 5.74) is 1.03. The van der Waals surface area contributed by atoms with Crippen molar-refractivity contribution in [3.05, 3.63) is 29.8 Å². The first-order valence-electron chi connectivity index (χ1n) is 5.73. The number of aliphatic hydroxyl groups excluding tert-OH is 1. The first kappa shape index (κ1) is 14.2. The van der Waals surface area contributed by atoms with Crippen molar-refractivity contribution in [1.82, 2.24) is 4.72 Å². The minimum absolute atomic E-state index is 0.157. The van der Waals surface area contributed by atoms with Crippen molar-refractivity contribution >= 4 is 10.0 Å². The molecule has 5 heteroatoms. The molecule has 0 aliphatic heterocycles. The van der Waals surface area contributed by atoms with Gasteiger partial charge < -0.3 is 5.11 Å². The highest BCUT2D eigenvalue weighted by atomic mass is 32.2. The van der Waals surface area contributed by atoms with Gasteiger partial charge in [0.15, 0.2) is 0 Å². The molecule has 0 bridgehead atoms. The molecule has 0 fully saturated rings. The maximum absolute atomic E-state index is 11.8. The molecule has 0 atom stereocenters. The van der Waals surface area contributed by atoms with Crippen LogP contribution in [0.15, 0.2) is 29.2 Å². The Morgan fingerprint density at radius 2 is 1.76 bits per heavy atom. The predicted octanol–water partition coefficient (Wildman–Crippen LogP) is 1.44. The lowest BCUT2D eigenvalue weighted by molar-refractivity contribution is 0.283. The van der Waals surface area contributed by atoms with E-state index in [1.165, 1.54) is 0 Å². The molecule has 0 aliphatic rings. The molecule has 17 heavy (non-hydrogen) atoms. The summed E-state index contributed by atoms with van der Waals surface area (Å²) in [6.45, 7) is 2.49. The Labute approximate surface area is 103 Å². The highest BCUT2D eigenvalue weighted by Crippen LogP contribution is 2.09. The lowest BCUT2D eigenvalue weighted by Crippen LogP contribution is -2.24. The summed E-state index contributed by atoms with van der Waals surface area (Å²) < 4.78 is 26.2. The summed E-state index contributed by atoms with van der Waals surface area (Å²) in [4.78, 5) is 0.297. The second kappa shape index (κ2) is 6.74. The van der Waals surface area contributed by atoms with Crippen LogP contribution in [0, 0.1) is 6.92 Å². The Balaban J connectivity index is 2.48. The third-order valence-electron chi connectivity index (χ3n) is 2.46. The maximum Gasteiger partial charge on any atom is 0.240 e. The summed E-state index contributed by atoms with van der Waals surface area (Å²) in [5, 5.41) is 8.59. The highest BCUT2D eigenvalue weighted by Gasteiger charge is 2.12. The Morgan fingerprint density at radius 3 is 2.35 bits per heavy atom. The number of unbranched alkanes of at least 4 members (excludes halogenated alkanes) is 2. The van der Waals surface area contributed by atoms with Crippen molar-refractivity contribution in [2.24, 2.45) is 0 Å². The van der Waals surface area contributed by atoms with Crippen LogP contribution in [-0.4, -0.2) is 26.7 Å². The summed E-state index contributed by atoms with van der Waals surface area (Å²) in [6.07, 6.45) is 2.28. The van der Waals surface area contributed by atoms with Crippen LogP contribution in [0.25, 0.3) is 0 Å². The molecule has 0 heterocycles. The average molecular weight is 257 g/mol. The number of aryl methyl sites for hydroxylation is 1. The van der Waals surface area contributed by atoms with Gasteiger partial charge in [-0.1, -0.05) is 17.7 Å². The van der Waals surface area contributed by atoms with E-state index < -0.39 is 10.0 Å². The smallest absolute Gasteiger partial charge is 0.240 e. The van der Waals surface area contributed by atoms with E-state index >= 15 is 0 Å². The van der Waals surface area contributed by atoms with Crippen LogP contribution in [0.5, 0.6) is 0 Å². The molecule has 1 rings (SSSR count). The minimum Gasteiger partial charge on any atom is -0.396 e. The van der Waals surface area contributed by atoms with Crippen LogP contribution >= 0.6 is 0 Å². The van der Waals surface area contributed by atoms with Crippen molar-refractivity contribution in [2.45, 2.75) is 31.1 Å². The van der Waals surface area contributed by atoms with Gasteiger partial charge in [-0.05, 0) is 38.3 Å². The number of aliphatic hydroxyl groups is 1. The van der Waals surface area contributed by atoms with Crippen molar-refractivity contribution in [1.29, 1.82) is 0 Å². The molecule has 1 aromatic rings. The molecule has 1 aromatic carbocycles. The Morgan fingerprint density at radius 1 is 1.12 bits per heavy atom. The standard InChI is InChI=1S/C12H19NO3S/c1-11-5-7-12(8-6-11)17(15,16)13-9-3-2-4-10-14/h5-8,13-14H,2-4,9-10H2,1H3. The summed E-state index contributed by atoms with van der Waals surface area (Å²) >= 11 is 0. The second-order valence-corrected chi connectivity index (χ2v) is 5.76. The molecule has 2 N–H and O–H groups in total. The number of sulfonamides is 1. The van der Waals surface area contributed by atoms with Crippen LogP contribution < -0.4 is 4.72 Å². The predicted molar refractivity (Wildman–Crippen MR) is 67.3 cm³/mol. The van der Waals surface area contributed by atoms with Crippen molar-refractivity contribution in [2.75, 3.05) is 13.2 Å². The van der Waals surface area contributed by atoms with Gasteiger partial charge in [0.25, 0.3) is 0 Å². The Hall–Kier alpha value is -0.910. The Kier molecular flexibility index (Phi) is 5.61. The fourth-order valence-electron chi connectivity index (χ4n) is 1.42. The van der Waals surface area contributed by atoms with E-state index in [2.05, 4.69) is 4.72 Å². The van der Waals surface area contributed by atoms with Crippen LogP contribution in [0.4, 0.5) is 0 Å². The molecule has 0 aliphatic carbocycles. The van der Waals surface area contributed by atoms with Gasteiger partial charge in [-0.25, -0.2) is 13.1 Å². The maximum atomic E-state index is 11.8. The van der Waals surface area contributed by atoms with Gasteiger partial charge in [0.2, 0.25) is 10.0 Å². The van der Waals surface area contributed by atoms with Gasteiger partial charge in [0.1, 0.15) is 0 Å². The fourth-order valence-corrected chi connectivity index (χ4v) is 2.49. The number of rotatable bonds is 7. The van der Waals surface area contributed by atoms with E-state index in [9.17, 15) is 8.42 Å².